The van der Waals surface area contributed by atoms with Gasteiger partial charge in [-0.1, -0.05) is 6.07 Å². The monoisotopic (exact) mass is 171 g/mol. The molecule has 1 radical (unpaired) electrons. The third-order valence-electron chi connectivity index (χ3n) is 1.85. The van der Waals surface area contributed by atoms with Crippen LogP contribution in [0.5, 0.6) is 0 Å². The number of primary amides is 1. The quantitative estimate of drug-likeness (QED) is 0.699. The minimum atomic E-state index is -0.438. The first-order valence-corrected chi connectivity index (χ1v) is 3.83. The first kappa shape index (κ1) is 7.73. The second-order valence-corrected chi connectivity index (χ2v) is 2.67. The number of aromatic nitrogens is 1. The van der Waals surface area contributed by atoms with Crippen molar-refractivity contribution in [3.8, 4) is 0 Å². The number of amides is 1. The highest BCUT2D eigenvalue weighted by Crippen LogP contribution is 2.14. The molecule has 63 valence electrons. The van der Waals surface area contributed by atoms with Crippen molar-refractivity contribution < 1.29 is 4.79 Å². The fraction of sp³-hybridized carbons (Fsp3) is 0. The van der Waals surface area contributed by atoms with E-state index in [0.29, 0.717) is 5.56 Å². The van der Waals surface area contributed by atoms with Crippen molar-refractivity contribution in [1.82, 2.24) is 4.98 Å². The summed E-state index contributed by atoms with van der Waals surface area (Å²) in [6, 6.07) is 9.79. The Morgan fingerprint density at radius 1 is 1.46 bits per heavy atom. The van der Waals surface area contributed by atoms with Gasteiger partial charge < -0.3 is 5.73 Å². The molecule has 2 aromatic rings. The van der Waals surface area contributed by atoms with Crippen molar-refractivity contribution in [3.63, 3.8) is 0 Å². The van der Waals surface area contributed by atoms with Gasteiger partial charge in [0.25, 0.3) is 0 Å². The summed E-state index contributed by atoms with van der Waals surface area (Å²) in [5, 5.41) is 0.748. The summed E-state index contributed by atoms with van der Waals surface area (Å²) in [7, 11) is 0. The molecule has 3 nitrogen and oxygen atoms in total. The number of benzene rings is 1. The number of pyridine rings is 1. The van der Waals surface area contributed by atoms with E-state index in [1.165, 1.54) is 0 Å². The van der Waals surface area contributed by atoms with Crippen LogP contribution in [0.15, 0.2) is 30.5 Å². The van der Waals surface area contributed by atoms with Gasteiger partial charge in [0.2, 0.25) is 5.91 Å². The van der Waals surface area contributed by atoms with Crippen LogP contribution >= 0.6 is 0 Å². The summed E-state index contributed by atoms with van der Waals surface area (Å²) >= 11 is 0. The molecule has 13 heavy (non-hydrogen) atoms. The lowest BCUT2D eigenvalue weighted by Gasteiger charge is -2.00. The number of hydrogen-bond donors (Lipinski definition) is 1. The molecular weight excluding hydrogens is 164 g/mol. The van der Waals surface area contributed by atoms with Gasteiger partial charge in [-0.2, -0.15) is 0 Å². The van der Waals surface area contributed by atoms with Crippen LogP contribution in [0, 0.1) is 6.07 Å². The lowest BCUT2D eigenvalue weighted by Crippen LogP contribution is -2.11. The van der Waals surface area contributed by atoms with Crippen molar-refractivity contribution in [2.24, 2.45) is 5.73 Å². The van der Waals surface area contributed by atoms with Crippen LogP contribution in [0.3, 0.4) is 0 Å². The second-order valence-electron chi connectivity index (χ2n) is 2.67. The highest BCUT2D eigenvalue weighted by atomic mass is 16.1. The first-order chi connectivity index (χ1) is 6.29. The zero-order chi connectivity index (χ0) is 9.26. The maximum absolute atomic E-state index is 11.0. The summed E-state index contributed by atoms with van der Waals surface area (Å²) in [5.74, 6) is -0.438. The van der Waals surface area contributed by atoms with Crippen LogP contribution < -0.4 is 5.73 Å². The molecule has 1 aromatic heterocycles. The van der Waals surface area contributed by atoms with Gasteiger partial charge in [0, 0.05) is 23.2 Å². The Balaban J connectivity index is 2.83. The van der Waals surface area contributed by atoms with Gasteiger partial charge in [-0.05, 0) is 18.2 Å². The molecule has 0 saturated carbocycles. The van der Waals surface area contributed by atoms with Gasteiger partial charge in [-0.25, -0.2) is 0 Å². The van der Waals surface area contributed by atoms with Gasteiger partial charge in [0.1, 0.15) is 0 Å². The van der Waals surface area contributed by atoms with E-state index in [1.54, 1.807) is 24.4 Å². The summed E-state index contributed by atoms with van der Waals surface area (Å²) in [6.07, 6.45) is 1.56. The van der Waals surface area contributed by atoms with Crippen molar-refractivity contribution in [2.45, 2.75) is 0 Å². The Morgan fingerprint density at radius 2 is 2.31 bits per heavy atom. The fourth-order valence-corrected chi connectivity index (χ4v) is 1.26. The van der Waals surface area contributed by atoms with Gasteiger partial charge in [0.15, 0.2) is 0 Å². The van der Waals surface area contributed by atoms with E-state index in [1.807, 2.05) is 6.07 Å². The molecule has 3 heteroatoms. The third kappa shape index (κ3) is 1.24. The van der Waals surface area contributed by atoms with Crippen LogP contribution in [-0.2, 0) is 0 Å². The Hall–Kier alpha value is -1.90. The number of carbonyl (C=O) groups is 1. The average molecular weight is 171 g/mol. The number of nitrogens with zero attached hydrogens (tertiary/aromatic N) is 1. The molecule has 0 aliphatic rings. The molecule has 0 saturated heterocycles. The minimum Gasteiger partial charge on any atom is -0.366 e. The topological polar surface area (TPSA) is 56.0 Å². The molecule has 1 amide bonds. The van der Waals surface area contributed by atoms with Crippen molar-refractivity contribution >= 4 is 16.8 Å². The molecule has 0 atom stereocenters. The maximum Gasteiger partial charge on any atom is 0.249 e. The number of nitrogens with two attached hydrogens (primary N) is 1. The molecule has 1 aromatic carbocycles. The van der Waals surface area contributed by atoms with E-state index in [9.17, 15) is 4.79 Å². The summed E-state index contributed by atoms with van der Waals surface area (Å²) in [6.45, 7) is 0. The van der Waals surface area contributed by atoms with E-state index in [0.717, 1.165) is 10.9 Å². The van der Waals surface area contributed by atoms with Gasteiger partial charge in [-0.15, -0.1) is 0 Å². The van der Waals surface area contributed by atoms with Crippen LogP contribution in [0.4, 0.5) is 0 Å². The van der Waals surface area contributed by atoms with Gasteiger partial charge in [-0.3, -0.25) is 9.78 Å². The maximum atomic E-state index is 11.0. The molecule has 0 aliphatic heterocycles. The van der Waals surface area contributed by atoms with E-state index < -0.39 is 5.91 Å². The van der Waals surface area contributed by atoms with Crippen molar-refractivity contribution in [2.75, 3.05) is 0 Å². The first-order valence-electron chi connectivity index (χ1n) is 3.83. The number of carbonyl (C=O) groups excluding carboxylic acids is 1. The lowest BCUT2D eigenvalue weighted by molar-refractivity contribution is 0.100. The molecule has 2 rings (SSSR count). The van der Waals surface area contributed by atoms with Crippen molar-refractivity contribution in [3.05, 3.63) is 42.1 Å². The Morgan fingerprint density at radius 3 is 3.08 bits per heavy atom. The zero-order valence-electron chi connectivity index (χ0n) is 6.82. The molecule has 0 fully saturated rings. The third-order valence-corrected chi connectivity index (χ3v) is 1.85. The molecule has 0 bridgehead atoms. The molecular formula is C10H7N2O. The van der Waals surface area contributed by atoms with Crippen LogP contribution in [0.25, 0.3) is 10.9 Å². The number of fused-ring (bicyclic) bond motifs is 1. The standard InChI is InChI=1S/C10H7N2O/c11-10(13)8-3-1-5-9-7(8)4-2-6-12-9/h1,3-6H,(H2,11,13). The van der Waals surface area contributed by atoms with E-state index >= 15 is 0 Å². The summed E-state index contributed by atoms with van der Waals surface area (Å²) < 4.78 is 0. The number of rotatable bonds is 1. The van der Waals surface area contributed by atoms with E-state index in [-0.39, 0.29) is 0 Å². The van der Waals surface area contributed by atoms with Crippen LogP contribution in [0.2, 0.25) is 0 Å². The number of hydrogen-bond acceptors (Lipinski definition) is 2. The van der Waals surface area contributed by atoms with Crippen LogP contribution in [0.1, 0.15) is 10.4 Å². The Bertz CT molecular complexity index is 460. The normalized spacial score (nSPS) is 10.2. The summed E-state index contributed by atoms with van der Waals surface area (Å²) in [5.41, 5.74) is 6.45. The Kier molecular flexibility index (Phi) is 1.70. The predicted molar refractivity (Wildman–Crippen MR) is 49.1 cm³/mol. The SMILES string of the molecule is NC(=O)c1cccc2nc[c]cc12. The van der Waals surface area contributed by atoms with Crippen molar-refractivity contribution in [1.29, 1.82) is 0 Å². The summed E-state index contributed by atoms with van der Waals surface area (Å²) in [4.78, 5) is 15.1. The Labute approximate surface area is 75.2 Å². The largest absolute Gasteiger partial charge is 0.366 e. The van der Waals surface area contributed by atoms with Crippen LogP contribution in [-0.4, -0.2) is 10.9 Å². The predicted octanol–water partition coefficient (Wildman–Crippen LogP) is 1.13. The average Bonchev–Trinajstić information content (AvgIpc) is 2.17. The molecule has 0 aliphatic carbocycles. The van der Waals surface area contributed by atoms with E-state index in [4.69, 9.17) is 5.73 Å². The lowest BCUT2D eigenvalue weighted by atomic mass is 10.1. The van der Waals surface area contributed by atoms with Gasteiger partial charge in [0.05, 0.1) is 5.52 Å². The minimum absolute atomic E-state index is 0.438. The van der Waals surface area contributed by atoms with Gasteiger partial charge >= 0.3 is 0 Å². The fourth-order valence-electron chi connectivity index (χ4n) is 1.26. The molecule has 2 N–H and O–H groups in total. The second kappa shape index (κ2) is 2.86. The molecule has 1 heterocycles. The smallest absolute Gasteiger partial charge is 0.249 e. The molecule has 0 spiro atoms. The highest BCUT2D eigenvalue weighted by Gasteiger charge is 2.04. The van der Waals surface area contributed by atoms with E-state index in [2.05, 4.69) is 11.1 Å². The molecule has 0 unspecified atom stereocenters. The highest BCUT2D eigenvalue weighted by molar-refractivity contribution is 6.05. The zero-order valence-corrected chi connectivity index (χ0v) is 6.82.